The van der Waals surface area contributed by atoms with Crippen LogP contribution in [-0.4, -0.2) is 20.0 Å². The molecule has 0 spiro atoms. The van der Waals surface area contributed by atoms with E-state index in [1.54, 1.807) is 13.8 Å². The fraction of sp³-hybridized carbons (Fsp3) is 0.333. The molecular weight excluding hydrogens is 256 g/mol. The molecule has 0 unspecified atom stereocenters. The molecule has 0 aliphatic carbocycles. The maximum Gasteiger partial charge on any atom is 0.268 e. The van der Waals surface area contributed by atoms with Crippen molar-refractivity contribution in [2.24, 2.45) is 5.84 Å². The van der Waals surface area contributed by atoms with Crippen LogP contribution in [-0.2, 0) is 6.54 Å². The molecule has 2 aromatic heterocycles. The third kappa shape index (κ3) is 2.17. The molecule has 8 nitrogen and oxygen atoms in total. The number of hydrogen-bond acceptors (Lipinski definition) is 7. The molecule has 2 heterocycles. The first kappa shape index (κ1) is 12.5. The van der Waals surface area contributed by atoms with E-state index in [0.29, 0.717) is 21.3 Å². The molecule has 2 rings (SSSR count). The molecular formula is C9H12N6O2S. The third-order valence-corrected chi connectivity index (χ3v) is 3.43. The Morgan fingerprint density at radius 3 is 2.67 bits per heavy atom. The monoisotopic (exact) mass is 268 g/mol. The van der Waals surface area contributed by atoms with Crippen LogP contribution in [0.3, 0.4) is 0 Å². The van der Waals surface area contributed by atoms with Crippen molar-refractivity contribution in [3.05, 3.63) is 36.8 Å². The van der Waals surface area contributed by atoms with Gasteiger partial charge in [0.05, 0.1) is 6.54 Å². The maximum atomic E-state index is 11.9. The highest BCUT2D eigenvalue weighted by molar-refractivity contribution is 7.15. The normalized spacial score (nSPS) is 10.6. The van der Waals surface area contributed by atoms with Gasteiger partial charge in [-0.25, -0.2) is 10.5 Å². The van der Waals surface area contributed by atoms with Crippen LogP contribution >= 0.6 is 11.3 Å². The number of rotatable bonds is 3. The van der Waals surface area contributed by atoms with Gasteiger partial charge in [0.1, 0.15) is 5.01 Å². The minimum absolute atomic E-state index is 0.161. The summed E-state index contributed by atoms with van der Waals surface area (Å²) < 4.78 is 1.21. The molecule has 18 heavy (non-hydrogen) atoms. The van der Waals surface area contributed by atoms with Crippen molar-refractivity contribution in [3.8, 4) is 0 Å². The Bertz CT molecular complexity index is 685. The van der Waals surface area contributed by atoms with Crippen LogP contribution in [0.4, 0.5) is 5.13 Å². The fourth-order valence-electron chi connectivity index (χ4n) is 1.41. The highest BCUT2D eigenvalue weighted by Gasteiger charge is 2.10. The van der Waals surface area contributed by atoms with Gasteiger partial charge in [-0.15, -0.1) is 10.2 Å². The summed E-state index contributed by atoms with van der Waals surface area (Å²) in [6.07, 6.45) is 0. The Morgan fingerprint density at radius 1 is 1.33 bits per heavy atom. The van der Waals surface area contributed by atoms with Crippen LogP contribution in [0, 0.1) is 13.8 Å². The largest absolute Gasteiger partial charge is 0.298 e. The maximum absolute atomic E-state index is 11.9. The zero-order valence-corrected chi connectivity index (χ0v) is 10.7. The minimum atomic E-state index is -0.284. The SMILES string of the molecule is Cc1c(C)c(=O)n(Cc2nnc(NN)s2)[nH]c1=O. The topological polar surface area (TPSA) is 119 Å². The second kappa shape index (κ2) is 4.70. The lowest BCUT2D eigenvalue weighted by Crippen LogP contribution is -2.33. The number of nitrogens with two attached hydrogens (primary N) is 1. The van der Waals surface area contributed by atoms with Crippen molar-refractivity contribution in [1.29, 1.82) is 0 Å². The van der Waals surface area contributed by atoms with Crippen molar-refractivity contribution in [2.45, 2.75) is 20.4 Å². The van der Waals surface area contributed by atoms with Crippen molar-refractivity contribution < 1.29 is 0 Å². The summed E-state index contributed by atoms with van der Waals surface area (Å²) in [6.45, 7) is 3.40. The molecule has 9 heteroatoms. The van der Waals surface area contributed by atoms with Crippen LogP contribution < -0.4 is 22.4 Å². The van der Waals surface area contributed by atoms with E-state index in [2.05, 4.69) is 20.7 Å². The average Bonchev–Trinajstić information content (AvgIpc) is 2.81. The zero-order chi connectivity index (χ0) is 13.3. The lowest BCUT2D eigenvalue weighted by molar-refractivity contribution is 0.612. The minimum Gasteiger partial charge on any atom is -0.298 e. The standard InChI is InChI=1S/C9H12N6O2S/c1-4-5(2)8(17)15(14-7(4)16)3-6-12-13-9(11-10)18-6/h3,10H2,1-2H3,(H,11,13)(H,14,16). The van der Waals surface area contributed by atoms with Crippen LogP contribution in [0.2, 0.25) is 0 Å². The van der Waals surface area contributed by atoms with E-state index >= 15 is 0 Å². The smallest absolute Gasteiger partial charge is 0.268 e. The Labute approximate surface area is 105 Å². The van der Waals surface area contributed by atoms with E-state index in [-0.39, 0.29) is 17.7 Å². The van der Waals surface area contributed by atoms with Gasteiger partial charge < -0.3 is 0 Å². The fourth-order valence-corrected chi connectivity index (χ4v) is 2.05. The second-order valence-corrected chi connectivity index (χ2v) is 4.79. The summed E-state index contributed by atoms with van der Waals surface area (Å²) in [5, 5.41) is 11.1. The van der Waals surface area contributed by atoms with Gasteiger partial charge in [0.15, 0.2) is 0 Å². The number of aromatic nitrogens is 4. The summed E-state index contributed by atoms with van der Waals surface area (Å²) in [7, 11) is 0. The molecule has 0 fully saturated rings. The van der Waals surface area contributed by atoms with Crippen molar-refractivity contribution >= 4 is 16.5 Å². The summed E-state index contributed by atoms with van der Waals surface area (Å²) in [6, 6.07) is 0. The van der Waals surface area contributed by atoms with Crippen LogP contribution in [0.25, 0.3) is 0 Å². The number of hydrazine groups is 1. The van der Waals surface area contributed by atoms with E-state index < -0.39 is 0 Å². The lowest BCUT2D eigenvalue weighted by atomic mass is 10.2. The quantitative estimate of drug-likeness (QED) is 0.502. The Kier molecular flexibility index (Phi) is 3.26. The first-order valence-electron chi connectivity index (χ1n) is 5.12. The van der Waals surface area contributed by atoms with Crippen LogP contribution in [0.5, 0.6) is 0 Å². The predicted octanol–water partition coefficient (Wildman–Crippen LogP) is -0.661. The van der Waals surface area contributed by atoms with E-state index in [1.165, 1.54) is 16.0 Å². The van der Waals surface area contributed by atoms with Crippen LogP contribution in [0.15, 0.2) is 9.59 Å². The molecule has 4 N–H and O–H groups in total. The van der Waals surface area contributed by atoms with Gasteiger partial charge in [0, 0.05) is 11.1 Å². The summed E-state index contributed by atoms with van der Waals surface area (Å²) in [4.78, 5) is 23.5. The number of anilines is 1. The molecule has 0 amide bonds. The summed E-state index contributed by atoms with van der Waals surface area (Å²) in [5.74, 6) is 5.19. The van der Waals surface area contributed by atoms with E-state index in [4.69, 9.17) is 5.84 Å². The number of nitrogens with one attached hydrogen (secondary N) is 2. The molecule has 0 bridgehead atoms. The average molecular weight is 268 g/mol. The van der Waals surface area contributed by atoms with Gasteiger partial charge in [0.25, 0.3) is 11.1 Å². The molecule has 0 atom stereocenters. The van der Waals surface area contributed by atoms with E-state index in [0.717, 1.165) is 0 Å². The molecule has 0 saturated carbocycles. The molecule has 2 aromatic rings. The number of hydrogen-bond donors (Lipinski definition) is 3. The van der Waals surface area contributed by atoms with Crippen molar-refractivity contribution in [1.82, 2.24) is 20.0 Å². The van der Waals surface area contributed by atoms with Gasteiger partial charge in [-0.3, -0.25) is 20.1 Å². The highest BCUT2D eigenvalue weighted by Crippen LogP contribution is 2.13. The van der Waals surface area contributed by atoms with Gasteiger partial charge in [-0.2, -0.15) is 0 Å². The molecule has 0 radical (unpaired) electrons. The van der Waals surface area contributed by atoms with Gasteiger partial charge in [-0.05, 0) is 13.8 Å². The second-order valence-electron chi connectivity index (χ2n) is 3.73. The van der Waals surface area contributed by atoms with Crippen molar-refractivity contribution in [2.75, 3.05) is 5.43 Å². The predicted molar refractivity (Wildman–Crippen MR) is 67.6 cm³/mol. The molecule has 0 aliphatic heterocycles. The number of H-pyrrole nitrogens is 1. The Hall–Kier alpha value is -2.00. The molecule has 0 aliphatic rings. The van der Waals surface area contributed by atoms with Crippen molar-refractivity contribution in [3.63, 3.8) is 0 Å². The van der Waals surface area contributed by atoms with Gasteiger partial charge >= 0.3 is 0 Å². The number of aromatic amines is 1. The molecule has 96 valence electrons. The summed E-state index contributed by atoms with van der Waals surface area (Å²) >= 11 is 1.21. The lowest BCUT2D eigenvalue weighted by Gasteiger charge is -2.05. The molecule has 0 saturated heterocycles. The number of nitrogen functional groups attached to an aromatic ring is 1. The first-order chi connectivity index (χ1) is 8.52. The first-order valence-corrected chi connectivity index (χ1v) is 5.94. The van der Waals surface area contributed by atoms with Gasteiger partial charge in [0.2, 0.25) is 5.13 Å². The van der Waals surface area contributed by atoms with Gasteiger partial charge in [-0.1, -0.05) is 11.3 Å². The Balaban J connectivity index is 2.41. The Morgan fingerprint density at radius 2 is 2.06 bits per heavy atom. The van der Waals surface area contributed by atoms with Crippen LogP contribution in [0.1, 0.15) is 16.1 Å². The number of nitrogens with zero attached hydrogens (tertiary/aromatic N) is 3. The van der Waals surface area contributed by atoms with E-state index in [1.807, 2.05) is 0 Å². The zero-order valence-electron chi connectivity index (χ0n) is 9.85. The highest BCUT2D eigenvalue weighted by atomic mass is 32.1. The summed E-state index contributed by atoms with van der Waals surface area (Å²) in [5.41, 5.74) is 2.70. The molecule has 0 aromatic carbocycles. The third-order valence-electron chi connectivity index (χ3n) is 2.59. The van der Waals surface area contributed by atoms with E-state index in [9.17, 15) is 9.59 Å².